The van der Waals surface area contributed by atoms with Gasteiger partial charge < -0.3 is 10.2 Å². The summed E-state index contributed by atoms with van der Waals surface area (Å²) >= 11 is 0. The van der Waals surface area contributed by atoms with Crippen molar-refractivity contribution in [3.8, 4) is 22.9 Å². The summed E-state index contributed by atoms with van der Waals surface area (Å²) in [6.07, 6.45) is 0. The van der Waals surface area contributed by atoms with Crippen LogP contribution in [0.4, 0.5) is 0 Å². The van der Waals surface area contributed by atoms with E-state index in [-0.39, 0.29) is 11.5 Å². The van der Waals surface area contributed by atoms with E-state index in [0.29, 0.717) is 22.4 Å². The molecule has 0 bridgehead atoms. The number of rotatable bonds is 1. The maximum Gasteiger partial charge on any atom is 0.141 e. The molecule has 0 radical (unpaired) electrons. The van der Waals surface area contributed by atoms with Gasteiger partial charge in [-0.1, -0.05) is 36.4 Å². The van der Waals surface area contributed by atoms with Crippen molar-refractivity contribution in [2.24, 2.45) is 0 Å². The van der Waals surface area contributed by atoms with Crippen molar-refractivity contribution in [2.45, 2.75) is 0 Å². The Labute approximate surface area is 126 Å². The third-order valence-corrected chi connectivity index (χ3v) is 3.66. The highest BCUT2D eigenvalue weighted by Gasteiger charge is 2.08. The van der Waals surface area contributed by atoms with Crippen molar-refractivity contribution in [3.63, 3.8) is 0 Å². The van der Waals surface area contributed by atoms with Crippen LogP contribution >= 0.6 is 0 Å². The van der Waals surface area contributed by atoms with Crippen LogP contribution in [0.25, 0.3) is 33.2 Å². The molecular weight excluding hydrogens is 276 g/mol. The van der Waals surface area contributed by atoms with Crippen molar-refractivity contribution < 1.29 is 10.2 Å². The zero-order chi connectivity index (χ0) is 15.1. The first kappa shape index (κ1) is 12.6. The average Bonchev–Trinajstić information content (AvgIpc) is 2.55. The molecule has 0 unspecified atom stereocenters. The fourth-order valence-electron chi connectivity index (χ4n) is 2.55. The molecule has 2 heterocycles. The molecule has 0 aliphatic carbocycles. The van der Waals surface area contributed by atoms with E-state index >= 15 is 0 Å². The van der Waals surface area contributed by atoms with Crippen LogP contribution in [0.2, 0.25) is 0 Å². The zero-order valence-corrected chi connectivity index (χ0v) is 11.6. The molecule has 4 rings (SSSR count). The summed E-state index contributed by atoms with van der Waals surface area (Å²) in [5.74, 6) is 0.283. The highest BCUT2D eigenvalue weighted by molar-refractivity contribution is 5.88. The maximum absolute atomic E-state index is 9.94. The fourth-order valence-corrected chi connectivity index (χ4v) is 2.55. The highest BCUT2D eigenvalue weighted by atomic mass is 16.3. The van der Waals surface area contributed by atoms with Crippen LogP contribution in [0.1, 0.15) is 0 Å². The minimum atomic E-state index is 0.142. The molecule has 22 heavy (non-hydrogen) atoms. The maximum atomic E-state index is 9.94. The number of aromatic hydroxyl groups is 2. The minimum Gasteiger partial charge on any atom is -0.506 e. The molecule has 0 aliphatic rings. The van der Waals surface area contributed by atoms with Gasteiger partial charge in [-0.2, -0.15) is 0 Å². The number of nitrogens with zero attached hydrogens (tertiary/aromatic N) is 2. The van der Waals surface area contributed by atoms with E-state index in [0.717, 1.165) is 10.8 Å². The summed E-state index contributed by atoms with van der Waals surface area (Å²) in [5.41, 5.74) is 2.39. The lowest BCUT2D eigenvalue weighted by Gasteiger charge is -2.06. The van der Waals surface area contributed by atoms with Gasteiger partial charge in [0.25, 0.3) is 0 Å². The van der Waals surface area contributed by atoms with Crippen LogP contribution in [-0.4, -0.2) is 20.2 Å². The molecule has 2 aromatic carbocycles. The van der Waals surface area contributed by atoms with E-state index in [1.54, 1.807) is 24.3 Å². The first-order chi connectivity index (χ1) is 10.7. The van der Waals surface area contributed by atoms with Gasteiger partial charge in [-0.25, -0.2) is 9.97 Å². The molecule has 4 aromatic rings. The first-order valence-corrected chi connectivity index (χ1v) is 6.90. The van der Waals surface area contributed by atoms with E-state index in [4.69, 9.17) is 0 Å². The van der Waals surface area contributed by atoms with Crippen LogP contribution in [0.15, 0.2) is 60.7 Å². The molecule has 0 fully saturated rings. The highest BCUT2D eigenvalue weighted by Crippen LogP contribution is 2.28. The van der Waals surface area contributed by atoms with Gasteiger partial charge in [-0.15, -0.1) is 0 Å². The largest absolute Gasteiger partial charge is 0.506 e. The Morgan fingerprint density at radius 2 is 1.00 bits per heavy atom. The molecule has 106 valence electrons. The molecule has 0 saturated carbocycles. The summed E-state index contributed by atoms with van der Waals surface area (Å²) in [7, 11) is 0. The third-order valence-electron chi connectivity index (χ3n) is 3.66. The first-order valence-electron chi connectivity index (χ1n) is 6.90. The van der Waals surface area contributed by atoms with Gasteiger partial charge >= 0.3 is 0 Å². The van der Waals surface area contributed by atoms with E-state index < -0.39 is 0 Å². The number of para-hydroxylation sites is 2. The van der Waals surface area contributed by atoms with Crippen molar-refractivity contribution in [2.75, 3.05) is 0 Å². The van der Waals surface area contributed by atoms with Crippen LogP contribution in [0.3, 0.4) is 0 Å². The van der Waals surface area contributed by atoms with Gasteiger partial charge in [-0.05, 0) is 24.3 Å². The third kappa shape index (κ3) is 1.93. The van der Waals surface area contributed by atoms with Gasteiger partial charge in [-0.3, -0.25) is 0 Å². The summed E-state index contributed by atoms with van der Waals surface area (Å²) in [6.45, 7) is 0. The van der Waals surface area contributed by atoms with Crippen LogP contribution in [0, 0.1) is 0 Å². The lowest BCUT2D eigenvalue weighted by molar-refractivity contribution is 0.479. The van der Waals surface area contributed by atoms with Gasteiger partial charge in [0.1, 0.15) is 22.5 Å². The van der Waals surface area contributed by atoms with Gasteiger partial charge in [0.2, 0.25) is 0 Å². The van der Waals surface area contributed by atoms with Crippen LogP contribution in [-0.2, 0) is 0 Å². The topological polar surface area (TPSA) is 66.2 Å². The monoisotopic (exact) mass is 288 g/mol. The quantitative estimate of drug-likeness (QED) is 0.558. The number of hydrogen-bond donors (Lipinski definition) is 2. The van der Waals surface area contributed by atoms with Crippen molar-refractivity contribution >= 4 is 21.8 Å². The smallest absolute Gasteiger partial charge is 0.141 e. The molecule has 0 amide bonds. The summed E-state index contributed by atoms with van der Waals surface area (Å²) < 4.78 is 0. The van der Waals surface area contributed by atoms with Crippen molar-refractivity contribution in [3.05, 3.63) is 60.7 Å². The number of hydrogen-bond acceptors (Lipinski definition) is 4. The molecule has 4 heteroatoms. The van der Waals surface area contributed by atoms with E-state index in [2.05, 4.69) is 9.97 Å². The van der Waals surface area contributed by atoms with Crippen molar-refractivity contribution in [1.82, 2.24) is 9.97 Å². The van der Waals surface area contributed by atoms with Gasteiger partial charge in [0, 0.05) is 10.8 Å². The fraction of sp³-hybridized carbons (Fsp3) is 0. The predicted molar refractivity (Wildman–Crippen MR) is 85.8 cm³/mol. The standard InChI is InChI=1S/C18H12N2O2/c21-15-5-1-3-11-7-9-13(19-17(11)15)14-10-8-12-4-2-6-16(22)18(12)20-14/h1-10,21-22H. The van der Waals surface area contributed by atoms with Crippen molar-refractivity contribution in [1.29, 1.82) is 0 Å². The molecule has 2 N–H and O–H groups in total. The van der Waals surface area contributed by atoms with Crippen LogP contribution in [0.5, 0.6) is 11.5 Å². The molecule has 0 atom stereocenters. The predicted octanol–water partition coefficient (Wildman–Crippen LogP) is 3.86. The average molecular weight is 288 g/mol. The summed E-state index contributed by atoms with van der Waals surface area (Å²) in [5, 5.41) is 21.6. The Morgan fingerprint density at radius 3 is 1.45 bits per heavy atom. The Morgan fingerprint density at radius 1 is 0.545 bits per heavy atom. The van der Waals surface area contributed by atoms with Gasteiger partial charge in [0.15, 0.2) is 0 Å². The Bertz CT molecular complexity index is 929. The molecule has 4 nitrogen and oxygen atoms in total. The molecule has 0 spiro atoms. The molecule has 2 aromatic heterocycles. The minimum absolute atomic E-state index is 0.142. The Kier molecular flexibility index (Phi) is 2.69. The summed E-state index contributed by atoms with van der Waals surface area (Å²) in [6, 6.07) is 18.1. The van der Waals surface area contributed by atoms with E-state index in [9.17, 15) is 10.2 Å². The molecular formula is C18H12N2O2. The second-order valence-corrected chi connectivity index (χ2v) is 5.09. The number of phenols is 2. The SMILES string of the molecule is Oc1cccc2ccc(-c3ccc4cccc(O)c4n3)nc12. The number of fused-ring (bicyclic) bond motifs is 2. The second-order valence-electron chi connectivity index (χ2n) is 5.09. The lowest BCUT2D eigenvalue weighted by Crippen LogP contribution is -1.90. The Balaban J connectivity index is 1.95. The number of phenolic OH excluding ortho intramolecular Hbond substituents is 2. The Hall–Kier alpha value is -3.14. The zero-order valence-electron chi connectivity index (χ0n) is 11.6. The van der Waals surface area contributed by atoms with E-state index in [1.807, 2.05) is 36.4 Å². The summed E-state index contributed by atoms with van der Waals surface area (Å²) in [4.78, 5) is 8.97. The number of aromatic nitrogens is 2. The van der Waals surface area contributed by atoms with E-state index in [1.165, 1.54) is 0 Å². The number of pyridine rings is 2. The van der Waals surface area contributed by atoms with Gasteiger partial charge in [0.05, 0.1) is 11.4 Å². The molecule has 0 saturated heterocycles. The van der Waals surface area contributed by atoms with Crippen LogP contribution < -0.4 is 0 Å². The number of benzene rings is 2. The lowest BCUT2D eigenvalue weighted by atomic mass is 10.1. The normalized spacial score (nSPS) is 11.1. The second kappa shape index (κ2) is 4.70. The molecule has 0 aliphatic heterocycles.